The van der Waals surface area contributed by atoms with Crippen molar-refractivity contribution in [3.8, 4) is 0 Å². The minimum atomic E-state index is -0.164. The van der Waals surface area contributed by atoms with Crippen LogP contribution in [0.1, 0.15) is 55.6 Å². The Labute approximate surface area is 177 Å². The number of nitrogens with one attached hydrogen (secondary N) is 1. The van der Waals surface area contributed by atoms with Gasteiger partial charge in [0, 0.05) is 17.5 Å². The number of hydrogen-bond donors (Lipinski definition) is 1. The molecule has 1 N–H and O–H groups in total. The molecule has 4 rings (SSSR count). The number of aromatic nitrogens is 3. The lowest BCUT2D eigenvalue weighted by atomic mass is 9.87. The SMILES string of the molecule is CCCn1nc(NC(=O)c2ccc(C(C)(C)C)cc2)c2cc3ccc(C)cc3nc21. The number of hydrogen-bond acceptors (Lipinski definition) is 3. The second-order valence-corrected chi connectivity index (χ2v) is 8.91. The summed E-state index contributed by atoms with van der Waals surface area (Å²) in [5.41, 5.74) is 4.77. The summed E-state index contributed by atoms with van der Waals surface area (Å²) in [5.74, 6) is 0.390. The van der Waals surface area contributed by atoms with Gasteiger partial charge in [0.15, 0.2) is 11.5 Å². The summed E-state index contributed by atoms with van der Waals surface area (Å²) in [7, 11) is 0. The third kappa shape index (κ3) is 3.80. The molecular weight excluding hydrogens is 372 g/mol. The van der Waals surface area contributed by atoms with E-state index in [1.54, 1.807) is 0 Å². The maximum absolute atomic E-state index is 12.9. The summed E-state index contributed by atoms with van der Waals surface area (Å²) in [6, 6.07) is 16.0. The zero-order valence-electron chi connectivity index (χ0n) is 18.3. The summed E-state index contributed by atoms with van der Waals surface area (Å²) in [6.45, 7) is 11.4. The second-order valence-electron chi connectivity index (χ2n) is 8.91. The van der Waals surface area contributed by atoms with Crippen LogP contribution in [0.25, 0.3) is 21.9 Å². The van der Waals surface area contributed by atoms with Crippen LogP contribution in [0.5, 0.6) is 0 Å². The Morgan fingerprint density at radius 2 is 1.80 bits per heavy atom. The van der Waals surface area contributed by atoms with Gasteiger partial charge in [0.2, 0.25) is 0 Å². The van der Waals surface area contributed by atoms with Crippen molar-refractivity contribution in [2.75, 3.05) is 5.32 Å². The largest absolute Gasteiger partial charge is 0.305 e. The number of carbonyl (C=O) groups is 1. The van der Waals surface area contributed by atoms with Gasteiger partial charge in [-0.2, -0.15) is 5.10 Å². The Morgan fingerprint density at radius 1 is 1.07 bits per heavy atom. The molecule has 30 heavy (non-hydrogen) atoms. The first-order valence-electron chi connectivity index (χ1n) is 10.5. The lowest BCUT2D eigenvalue weighted by molar-refractivity contribution is 0.102. The standard InChI is InChI=1S/C25H28N4O/c1-6-13-29-23-20(15-18-8-7-16(2)14-21(18)26-23)22(28-29)27-24(30)17-9-11-19(12-10-17)25(3,4)5/h7-12,14-15H,6,13H2,1-5H3,(H,27,28,30). The third-order valence-electron chi connectivity index (χ3n) is 5.35. The van der Waals surface area contributed by atoms with Gasteiger partial charge >= 0.3 is 0 Å². The predicted octanol–water partition coefficient (Wildman–Crippen LogP) is 5.85. The van der Waals surface area contributed by atoms with Crippen LogP contribution < -0.4 is 5.32 Å². The highest BCUT2D eigenvalue weighted by atomic mass is 16.1. The van der Waals surface area contributed by atoms with E-state index in [2.05, 4.69) is 69.3 Å². The molecule has 0 unspecified atom stereocenters. The molecule has 0 saturated heterocycles. The summed E-state index contributed by atoms with van der Waals surface area (Å²) in [4.78, 5) is 17.8. The molecule has 154 valence electrons. The average Bonchev–Trinajstić information content (AvgIpc) is 3.02. The van der Waals surface area contributed by atoms with Gasteiger partial charge in [0.25, 0.3) is 5.91 Å². The Morgan fingerprint density at radius 3 is 2.47 bits per heavy atom. The quantitative estimate of drug-likeness (QED) is 0.467. The summed E-state index contributed by atoms with van der Waals surface area (Å²) in [5, 5.41) is 9.57. The maximum Gasteiger partial charge on any atom is 0.256 e. The number of rotatable bonds is 4. The first-order valence-corrected chi connectivity index (χ1v) is 10.5. The van der Waals surface area contributed by atoms with Gasteiger partial charge in [-0.1, -0.05) is 52.0 Å². The maximum atomic E-state index is 12.9. The third-order valence-corrected chi connectivity index (χ3v) is 5.35. The fraction of sp³-hybridized carbons (Fsp3) is 0.320. The number of fused-ring (bicyclic) bond motifs is 2. The van der Waals surface area contributed by atoms with E-state index < -0.39 is 0 Å². The van der Waals surface area contributed by atoms with Gasteiger partial charge in [-0.05, 0) is 54.2 Å². The fourth-order valence-corrected chi connectivity index (χ4v) is 3.62. The number of aryl methyl sites for hydroxylation is 2. The molecule has 4 aromatic rings. The average molecular weight is 401 g/mol. The van der Waals surface area contributed by atoms with Crippen molar-refractivity contribution in [2.24, 2.45) is 0 Å². The molecule has 0 atom stereocenters. The van der Waals surface area contributed by atoms with Crippen LogP contribution in [0, 0.1) is 6.92 Å². The Kier molecular flexibility index (Phi) is 5.06. The molecule has 0 aliphatic carbocycles. The van der Waals surface area contributed by atoms with Crippen molar-refractivity contribution in [3.63, 3.8) is 0 Å². The Hall–Kier alpha value is -3.21. The van der Waals surface area contributed by atoms with Crippen molar-refractivity contribution in [1.82, 2.24) is 14.8 Å². The number of benzene rings is 2. The summed E-state index contributed by atoms with van der Waals surface area (Å²) >= 11 is 0. The molecule has 0 fully saturated rings. The first kappa shape index (κ1) is 20.1. The van der Waals surface area contributed by atoms with Crippen LogP contribution in [0.2, 0.25) is 0 Å². The van der Waals surface area contributed by atoms with E-state index in [9.17, 15) is 4.79 Å². The van der Waals surface area contributed by atoms with Crippen LogP contribution in [0.15, 0.2) is 48.5 Å². The van der Waals surface area contributed by atoms with Crippen molar-refractivity contribution >= 4 is 33.7 Å². The van der Waals surface area contributed by atoms with Gasteiger partial charge in [0.1, 0.15) is 0 Å². The van der Waals surface area contributed by atoms with Crippen molar-refractivity contribution in [3.05, 3.63) is 65.2 Å². The van der Waals surface area contributed by atoms with Crippen molar-refractivity contribution in [2.45, 2.75) is 53.0 Å². The molecule has 1 amide bonds. The van der Waals surface area contributed by atoms with Crippen molar-refractivity contribution in [1.29, 1.82) is 0 Å². The topological polar surface area (TPSA) is 59.8 Å². The molecule has 0 spiro atoms. The monoisotopic (exact) mass is 400 g/mol. The summed E-state index contributed by atoms with van der Waals surface area (Å²) in [6.07, 6.45) is 0.936. The smallest absolute Gasteiger partial charge is 0.256 e. The molecule has 0 radical (unpaired) electrons. The fourth-order valence-electron chi connectivity index (χ4n) is 3.62. The van der Waals surface area contributed by atoms with Crippen molar-refractivity contribution < 1.29 is 4.79 Å². The molecule has 0 aliphatic heterocycles. The van der Waals surface area contributed by atoms with E-state index in [0.717, 1.165) is 34.9 Å². The molecular formula is C25H28N4O. The van der Waals surface area contributed by atoms with E-state index >= 15 is 0 Å². The Balaban J connectivity index is 1.72. The highest BCUT2D eigenvalue weighted by Gasteiger charge is 2.18. The van der Waals surface area contributed by atoms with E-state index in [-0.39, 0.29) is 11.3 Å². The van der Waals surface area contributed by atoms with Crippen LogP contribution in [-0.2, 0) is 12.0 Å². The molecule has 5 nitrogen and oxygen atoms in total. The van der Waals surface area contributed by atoms with Gasteiger partial charge in [-0.3, -0.25) is 4.79 Å². The van der Waals surface area contributed by atoms with E-state index in [1.165, 1.54) is 11.1 Å². The van der Waals surface area contributed by atoms with Crippen LogP contribution >= 0.6 is 0 Å². The minimum absolute atomic E-state index is 0.0508. The first-order chi connectivity index (χ1) is 14.3. The van der Waals surface area contributed by atoms with Crippen LogP contribution in [-0.4, -0.2) is 20.7 Å². The predicted molar refractivity (Wildman–Crippen MR) is 123 cm³/mol. The van der Waals surface area contributed by atoms with Gasteiger partial charge < -0.3 is 5.32 Å². The number of carbonyl (C=O) groups excluding carboxylic acids is 1. The van der Waals surface area contributed by atoms with E-state index in [4.69, 9.17) is 4.98 Å². The highest BCUT2D eigenvalue weighted by Crippen LogP contribution is 2.27. The van der Waals surface area contributed by atoms with Gasteiger partial charge in [-0.25, -0.2) is 9.67 Å². The Bertz CT molecular complexity index is 1230. The molecule has 2 aromatic carbocycles. The number of amides is 1. The lowest BCUT2D eigenvalue weighted by Gasteiger charge is -2.19. The molecule has 5 heteroatoms. The summed E-state index contributed by atoms with van der Waals surface area (Å²) < 4.78 is 1.88. The molecule has 2 heterocycles. The number of nitrogens with zero attached hydrogens (tertiary/aromatic N) is 3. The zero-order valence-corrected chi connectivity index (χ0v) is 18.3. The molecule has 2 aromatic heterocycles. The van der Waals surface area contributed by atoms with Crippen LogP contribution in [0.3, 0.4) is 0 Å². The minimum Gasteiger partial charge on any atom is -0.305 e. The van der Waals surface area contributed by atoms with Gasteiger partial charge in [0.05, 0.1) is 10.9 Å². The highest BCUT2D eigenvalue weighted by molar-refractivity contribution is 6.08. The molecule has 0 saturated carbocycles. The number of anilines is 1. The van der Waals surface area contributed by atoms with E-state index in [1.807, 2.05) is 28.9 Å². The normalized spacial score (nSPS) is 11.9. The molecule has 0 bridgehead atoms. The van der Waals surface area contributed by atoms with Crippen LogP contribution in [0.4, 0.5) is 5.82 Å². The zero-order chi connectivity index (χ0) is 21.5. The van der Waals surface area contributed by atoms with E-state index in [0.29, 0.717) is 11.4 Å². The number of pyridine rings is 1. The lowest BCUT2D eigenvalue weighted by Crippen LogP contribution is -2.15. The van der Waals surface area contributed by atoms with Gasteiger partial charge in [-0.15, -0.1) is 0 Å². The second kappa shape index (κ2) is 7.56. The molecule has 0 aliphatic rings.